The standard InChI is InChI=1S/C17H13BrN2O4/c1-19(10-11-4-2-3-5-14(11)20(22)23)17(21)16-9-12-8-13(18)6-7-15(12)24-16/h2-9H,10H2,1H3. The van der Waals surface area contributed by atoms with Crippen LogP contribution >= 0.6 is 15.9 Å². The Morgan fingerprint density at radius 3 is 2.75 bits per heavy atom. The first-order valence-electron chi connectivity index (χ1n) is 7.12. The molecule has 0 aliphatic heterocycles. The second kappa shape index (κ2) is 6.45. The quantitative estimate of drug-likeness (QED) is 0.490. The fourth-order valence-corrected chi connectivity index (χ4v) is 2.84. The molecule has 0 unspecified atom stereocenters. The molecule has 3 rings (SSSR count). The molecule has 2 aromatic carbocycles. The Hall–Kier alpha value is -2.67. The zero-order chi connectivity index (χ0) is 17.3. The summed E-state index contributed by atoms with van der Waals surface area (Å²) >= 11 is 3.37. The molecule has 1 amide bonds. The van der Waals surface area contributed by atoms with Gasteiger partial charge in [0.2, 0.25) is 0 Å². The van der Waals surface area contributed by atoms with Gasteiger partial charge in [-0.05, 0) is 24.3 Å². The molecule has 0 N–H and O–H groups in total. The molecule has 122 valence electrons. The van der Waals surface area contributed by atoms with Crippen molar-refractivity contribution >= 4 is 38.5 Å². The number of fused-ring (bicyclic) bond motifs is 1. The van der Waals surface area contributed by atoms with Crippen molar-refractivity contribution in [1.82, 2.24) is 4.90 Å². The smallest absolute Gasteiger partial charge is 0.289 e. The Morgan fingerprint density at radius 2 is 2.00 bits per heavy atom. The molecule has 3 aromatic rings. The number of furan rings is 1. The van der Waals surface area contributed by atoms with Gasteiger partial charge in [-0.1, -0.05) is 34.1 Å². The minimum Gasteiger partial charge on any atom is -0.451 e. The third-order valence-corrected chi connectivity index (χ3v) is 4.12. The van der Waals surface area contributed by atoms with Crippen molar-refractivity contribution in [3.8, 4) is 0 Å². The molecule has 0 radical (unpaired) electrons. The predicted octanol–water partition coefficient (Wildman–Crippen LogP) is 4.38. The van der Waals surface area contributed by atoms with E-state index < -0.39 is 4.92 Å². The highest BCUT2D eigenvalue weighted by atomic mass is 79.9. The van der Waals surface area contributed by atoms with Gasteiger partial charge in [0.1, 0.15) is 5.58 Å². The summed E-state index contributed by atoms with van der Waals surface area (Å²) in [7, 11) is 1.59. The van der Waals surface area contributed by atoms with Crippen LogP contribution in [-0.2, 0) is 6.54 Å². The predicted molar refractivity (Wildman–Crippen MR) is 92.8 cm³/mol. The van der Waals surface area contributed by atoms with E-state index in [0.717, 1.165) is 9.86 Å². The van der Waals surface area contributed by atoms with Gasteiger partial charge in [-0.3, -0.25) is 14.9 Å². The third kappa shape index (κ3) is 3.16. The second-order valence-corrected chi connectivity index (χ2v) is 6.26. The van der Waals surface area contributed by atoms with Crippen molar-refractivity contribution in [3.63, 3.8) is 0 Å². The number of carbonyl (C=O) groups is 1. The number of benzene rings is 2. The number of hydrogen-bond acceptors (Lipinski definition) is 4. The van der Waals surface area contributed by atoms with Gasteiger partial charge >= 0.3 is 0 Å². The van der Waals surface area contributed by atoms with Gasteiger partial charge in [0, 0.05) is 28.5 Å². The van der Waals surface area contributed by atoms with E-state index in [4.69, 9.17) is 4.42 Å². The fraction of sp³-hybridized carbons (Fsp3) is 0.118. The number of nitrogens with zero attached hydrogens (tertiary/aromatic N) is 2. The van der Waals surface area contributed by atoms with Crippen molar-refractivity contribution in [2.45, 2.75) is 6.54 Å². The summed E-state index contributed by atoms with van der Waals surface area (Å²) in [6.45, 7) is 0.122. The molecule has 0 aliphatic rings. The Morgan fingerprint density at radius 1 is 1.25 bits per heavy atom. The van der Waals surface area contributed by atoms with Gasteiger partial charge < -0.3 is 9.32 Å². The van der Waals surface area contributed by atoms with E-state index in [9.17, 15) is 14.9 Å². The van der Waals surface area contributed by atoms with Gasteiger partial charge in [0.15, 0.2) is 5.76 Å². The number of nitro benzene ring substituents is 1. The zero-order valence-corrected chi connectivity index (χ0v) is 14.3. The number of halogens is 1. The van der Waals surface area contributed by atoms with Crippen LogP contribution in [0.2, 0.25) is 0 Å². The number of rotatable bonds is 4. The number of nitro groups is 1. The van der Waals surface area contributed by atoms with E-state index in [0.29, 0.717) is 11.1 Å². The number of carbonyl (C=O) groups excluding carboxylic acids is 1. The maximum absolute atomic E-state index is 12.5. The first-order chi connectivity index (χ1) is 11.5. The number of amides is 1. The highest BCUT2D eigenvalue weighted by Crippen LogP contribution is 2.25. The van der Waals surface area contributed by atoms with Gasteiger partial charge in [0.05, 0.1) is 11.5 Å². The Balaban J connectivity index is 1.85. The molecular weight excluding hydrogens is 376 g/mol. The van der Waals surface area contributed by atoms with Gasteiger partial charge in [0.25, 0.3) is 11.6 Å². The summed E-state index contributed by atoms with van der Waals surface area (Å²) in [6.07, 6.45) is 0. The van der Waals surface area contributed by atoms with Crippen LogP contribution in [-0.4, -0.2) is 22.8 Å². The summed E-state index contributed by atoms with van der Waals surface area (Å²) in [6, 6.07) is 13.5. The highest BCUT2D eigenvalue weighted by molar-refractivity contribution is 9.10. The van der Waals surface area contributed by atoms with Crippen LogP contribution in [0.4, 0.5) is 5.69 Å². The van der Waals surface area contributed by atoms with E-state index in [2.05, 4.69) is 15.9 Å². The maximum atomic E-state index is 12.5. The lowest BCUT2D eigenvalue weighted by Gasteiger charge is -2.15. The highest BCUT2D eigenvalue weighted by Gasteiger charge is 2.20. The van der Waals surface area contributed by atoms with E-state index >= 15 is 0 Å². The minimum absolute atomic E-state index is 0.00862. The summed E-state index contributed by atoms with van der Waals surface area (Å²) in [5.41, 5.74) is 1.07. The molecule has 0 bridgehead atoms. The summed E-state index contributed by atoms with van der Waals surface area (Å²) in [4.78, 5) is 24.6. The van der Waals surface area contributed by atoms with Crippen LogP contribution in [0.1, 0.15) is 16.1 Å². The minimum atomic E-state index is -0.452. The second-order valence-electron chi connectivity index (χ2n) is 5.34. The first kappa shape index (κ1) is 16.2. The Labute approximate surface area is 146 Å². The average molecular weight is 389 g/mol. The molecular formula is C17H13BrN2O4. The van der Waals surface area contributed by atoms with Crippen molar-refractivity contribution in [2.24, 2.45) is 0 Å². The van der Waals surface area contributed by atoms with Gasteiger partial charge in [-0.2, -0.15) is 0 Å². The topological polar surface area (TPSA) is 76.6 Å². The van der Waals surface area contributed by atoms with Gasteiger partial charge in [-0.25, -0.2) is 0 Å². The molecule has 7 heteroatoms. The van der Waals surface area contributed by atoms with E-state index in [1.165, 1.54) is 11.0 Å². The monoisotopic (exact) mass is 388 g/mol. The summed E-state index contributed by atoms with van der Waals surface area (Å²) in [5.74, 6) is -0.135. The zero-order valence-electron chi connectivity index (χ0n) is 12.7. The van der Waals surface area contributed by atoms with Crippen LogP contribution in [0.25, 0.3) is 11.0 Å². The lowest BCUT2D eigenvalue weighted by molar-refractivity contribution is -0.385. The number of hydrogen-bond donors (Lipinski definition) is 0. The molecule has 0 saturated carbocycles. The molecule has 6 nitrogen and oxygen atoms in total. The SMILES string of the molecule is CN(Cc1ccccc1[N+](=O)[O-])C(=O)c1cc2cc(Br)ccc2o1. The van der Waals surface area contributed by atoms with Gasteiger partial charge in [-0.15, -0.1) is 0 Å². The van der Waals surface area contributed by atoms with Crippen LogP contribution in [0, 0.1) is 10.1 Å². The molecule has 1 heterocycles. The number of para-hydroxylation sites is 1. The molecule has 0 atom stereocenters. The lowest BCUT2D eigenvalue weighted by atomic mass is 10.1. The Bertz CT molecular complexity index is 935. The molecule has 0 spiro atoms. The van der Waals surface area contributed by atoms with Crippen molar-refractivity contribution in [2.75, 3.05) is 7.05 Å². The average Bonchev–Trinajstić information content (AvgIpc) is 2.97. The molecule has 24 heavy (non-hydrogen) atoms. The normalized spacial score (nSPS) is 10.8. The lowest BCUT2D eigenvalue weighted by Crippen LogP contribution is -2.26. The van der Waals surface area contributed by atoms with E-state index in [1.54, 1.807) is 37.4 Å². The van der Waals surface area contributed by atoms with Crippen LogP contribution in [0.5, 0.6) is 0 Å². The largest absolute Gasteiger partial charge is 0.451 e. The van der Waals surface area contributed by atoms with E-state index in [1.807, 2.05) is 12.1 Å². The summed E-state index contributed by atoms with van der Waals surface area (Å²) < 4.78 is 6.47. The van der Waals surface area contributed by atoms with Crippen molar-refractivity contribution in [1.29, 1.82) is 0 Å². The van der Waals surface area contributed by atoms with Crippen LogP contribution in [0.15, 0.2) is 57.4 Å². The van der Waals surface area contributed by atoms with Crippen LogP contribution in [0.3, 0.4) is 0 Å². The summed E-state index contributed by atoms with van der Waals surface area (Å²) in [5, 5.41) is 11.9. The fourth-order valence-electron chi connectivity index (χ4n) is 2.46. The third-order valence-electron chi connectivity index (χ3n) is 3.63. The first-order valence-corrected chi connectivity index (χ1v) is 7.92. The maximum Gasteiger partial charge on any atom is 0.289 e. The Kier molecular flexibility index (Phi) is 4.35. The molecule has 1 aromatic heterocycles. The molecule has 0 saturated heterocycles. The van der Waals surface area contributed by atoms with Crippen molar-refractivity contribution < 1.29 is 14.1 Å². The molecule has 0 aliphatic carbocycles. The molecule has 0 fully saturated rings. The van der Waals surface area contributed by atoms with E-state index in [-0.39, 0.29) is 23.9 Å². The van der Waals surface area contributed by atoms with Crippen molar-refractivity contribution in [3.05, 3.63) is 74.4 Å². The van der Waals surface area contributed by atoms with Crippen LogP contribution < -0.4 is 0 Å².